The van der Waals surface area contributed by atoms with Gasteiger partial charge in [-0.15, -0.1) is 0 Å². The van der Waals surface area contributed by atoms with Crippen LogP contribution in [0.2, 0.25) is 5.02 Å². The second-order valence-electron chi connectivity index (χ2n) is 5.90. The Labute approximate surface area is 156 Å². The highest BCUT2D eigenvalue weighted by atomic mass is 35.5. The van der Waals surface area contributed by atoms with E-state index in [4.69, 9.17) is 21.1 Å². The van der Waals surface area contributed by atoms with Crippen molar-refractivity contribution in [3.8, 4) is 11.5 Å². The molecule has 0 saturated carbocycles. The van der Waals surface area contributed by atoms with E-state index in [0.29, 0.717) is 23.3 Å². The highest BCUT2D eigenvalue weighted by molar-refractivity contribution is 6.31. The molecule has 7 heteroatoms. The molecule has 1 aliphatic rings. The third kappa shape index (κ3) is 3.65. The Balaban J connectivity index is 1.43. The summed E-state index contributed by atoms with van der Waals surface area (Å²) in [5, 5.41) is 7.16. The Kier molecular flexibility index (Phi) is 4.50. The molecule has 2 heterocycles. The topological polar surface area (TPSA) is 68.3 Å². The predicted molar refractivity (Wildman–Crippen MR) is 101 cm³/mol. The smallest absolute Gasteiger partial charge is 0.231 e. The number of halogens is 1. The van der Waals surface area contributed by atoms with E-state index in [0.717, 1.165) is 28.3 Å². The summed E-state index contributed by atoms with van der Waals surface area (Å²) < 4.78 is 10.7. The van der Waals surface area contributed by atoms with Crippen molar-refractivity contribution >= 4 is 29.1 Å². The van der Waals surface area contributed by atoms with Gasteiger partial charge in [0.1, 0.15) is 5.82 Å². The number of nitrogens with one attached hydrogen (secondary N) is 2. The van der Waals surface area contributed by atoms with Crippen molar-refractivity contribution in [2.75, 3.05) is 17.4 Å². The van der Waals surface area contributed by atoms with Gasteiger partial charge in [0.2, 0.25) is 12.7 Å². The second kappa shape index (κ2) is 7.09. The lowest BCUT2D eigenvalue weighted by molar-refractivity contribution is 0.174. The lowest BCUT2D eigenvalue weighted by Crippen LogP contribution is -2.05. The van der Waals surface area contributed by atoms with E-state index < -0.39 is 0 Å². The van der Waals surface area contributed by atoms with Gasteiger partial charge < -0.3 is 20.1 Å². The van der Waals surface area contributed by atoms with Crippen LogP contribution in [0.5, 0.6) is 11.5 Å². The summed E-state index contributed by atoms with van der Waals surface area (Å²) >= 11 is 6.16. The first-order valence-electron chi connectivity index (χ1n) is 8.16. The summed E-state index contributed by atoms with van der Waals surface area (Å²) in [6.07, 6.45) is 1.70. The van der Waals surface area contributed by atoms with E-state index in [-0.39, 0.29) is 6.79 Å². The average Bonchev–Trinajstić information content (AvgIpc) is 3.11. The molecule has 0 spiro atoms. The summed E-state index contributed by atoms with van der Waals surface area (Å²) in [6.45, 7) is 2.82. The molecule has 0 fully saturated rings. The quantitative estimate of drug-likeness (QED) is 0.690. The van der Waals surface area contributed by atoms with Crippen LogP contribution in [0, 0.1) is 6.92 Å². The number of aromatic nitrogens is 2. The summed E-state index contributed by atoms with van der Waals surface area (Å²) in [6, 6.07) is 13.4. The minimum atomic E-state index is 0.270. The fourth-order valence-electron chi connectivity index (χ4n) is 2.56. The summed E-state index contributed by atoms with van der Waals surface area (Å²) in [7, 11) is 0. The van der Waals surface area contributed by atoms with Crippen molar-refractivity contribution in [1.29, 1.82) is 0 Å². The Hall–Kier alpha value is -2.99. The lowest BCUT2D eigenvalue weighted by Gasteiger charge is -2.10. The van der Waals surface area contributed by atoms with E-state index in [2.05, 4.69) is 20.6 Å². The molecule has 1 aliphatic heterocycles. The second-order valence-corrected chi connectivity index (χ2v) is 6.30. The number of aryl methyl sites for hydroxylation is 1. The van der Waals surface area contributed by atoms with Crippen molar-refractivity contribution in [2.45, 2.75) is 13.5 Å². The molecule has 0 saturated heterocycles. The third-order valence-electron chi connectivity index (χ3n) is 3.99. The number of fused-ring (bicyclic) bond motifs is 1. The molecule has 1 aromatic heterocycles. The maximum absolute atomic E-state index is 6.16. The SMILES string of the molecule is Cc1ccc(Nc2ccnc(NCc3ccc4c(c3)OCO4)n2)cc1Cl. The van der Waals surface area contributed by atoms with Crippen molar-refractivity contribution in [3.63, 3.8) is 0 Å². The number of nitrogens with zero attached hydrogens (tertiary/aromatic N) is 2. The number of hydrogen-bond donors (Lipinski definition) is 2. The monoisotopic (exact) mass is 368 g/mol. The van der Waals surface area contributed by atoms with E-state index in [9.17, 15) is 0 Å². The normalized spacial score (nSPS) is 12.1. The molecule has 0 unspecified atom stereocenters. The van der Waals surface area contributed by atoms with Gasteiger partial charge in [-0.05, 0) is 48.4 Å². The van der Waals surface area contributed by atoms with Gasteiger partial charge in [-0.1, -0.05) is 23.7 Å². The molecule has 0 radical (unpaired) electrons. The van der Waals surface area contributed by atoms with Crippen molar-refractivity contribution in [2.24, 2.45) is 0 Å². The summed E-state index contributed by atoms with van der Waals surface area (Å²) in [4.78, 5) is 8.73. The van der Waals surface area contributed by atoms with E-state index in [1.54, 1.807) is 12.3 Å². The van der Waals surface area contributed by atoms with Crippen LogP contribution in [0.25, 0.3) is 0 Å². The molecule has 4 rings (SSSR count). The molecule has 0 aliphatic carbocycles. The molecule has 2 N–H and O–H groups in total. The molecular formula is C19H17ClN4O2. The van der Waals surface area contributed by atoms with Crippen LogP contribution in [0.15, 0.2) is 48.7 Å². The van der Waals surface area contributed by atoms with Gasteiger partial charge in [-0.25, -0.2) is 4.98 Å². The molecule has 2 aromatic carbocycles. The van der Waals surface area contributed by atoms with Crippen molar-refractivity contribution in [1.82, 2.24) is 9.97 Å². The Morgan fingerprint density at radius 2 is 1.96 bits per heavy atom. The van der Waals surface area contributed by atoms with Crippen LogP contribution in [-0.2, 0) is 6.54 Å². The minimum Gasteiger partial charge on any atom is -0.454 e. The predicted octanol–water partition coefficient (Wildman–Crippen LogP) is 4.52. The van der Waals surface area contributed by atoms with Gasteiger partial charge >= 0.3 is 0 Å². The first kappa shape index (κ1) is 16.5. The lowest BCUT2D eigenvalue weighted by atomic mass is 10.2. The van der Waals surface area contributed by atoms with Gasteiger partial charge in [0.15, 0.2) is 11.5 Å². The first-order chi connectivity index (χ1) is 12.7. The van der Waals surface area contributed by atoms with Crippen molar-refractivity contribution in [3.05, 3.63) is 64.8 Å². The van der Waals surface area contributed by atoms with Crippen LogP contribution < -0.4 is 20.1 Å². The van der Waals surface area contributed by atoms with E-state index in [1.165, 1.54) is 0 Å². The largest absolute Gasteiger partial charge is 0.454 e. The molecule has 6 nitrogen and oxygen atoms in total. The molecule has 0 amide bonds. The standard InChI is InChI=1S/C19H17ClN4O2/c1-12-2-4-14(9-15(12)20)23-18-6-7-21-19(24-18)22-10-13-3-5-16-17(8-13)26-11-25-16/h2-9H,10-11H2,1H3,(H2,21,22,23,24). The van der Waals surface area contributed by atoms with Gasteiger partial charge in [-0.2, -0.15) is 4.98 Å². The molecule has 26 heavy (non-hydrogen) atoms. The van der Waals surface area contributed by atoms with Crippen LogP contribution in [0.4, 0.5) is 17.5 Å². The third-order valence-corrected chi connectivity index (χ3v) is 4.39. The number of hydrogen-bond acceptors (Lipinski definition) is 6. The number of benzene rings is 2. The maximum Gasteiger partial charge on any atom is 0.231 e. The van der Waals surface area contributed by atoms with E-state index >= 15 is 0 Å². The maximum atomic E-state index is 6.16. The zero-order valence-electron chi connectivity index (χ0n) is 14.1. The number of rotatable bonds is 5. The molecule has 132 valence electrons. The van der Waals surface area contributed by atoms with Crippen LogP contribution in [0.1, 0.15) is 11.1 Å². The molecule has 0 bridgehead atoms. The fraction of sp³-hybridized carbons (Fsp3) is 0.158. The zero-order valence-corrected chi connectivity index (χ0v) is 14.9. The van der Waals surface area contributed by atoms with E-state index in [1.807, 2.05) is 43.3 Å². The van der Waals surface area contributed by atoms with Gasteiger partial charge in [0.25, 0.3) is 0 Å². The van der Waals surface area contributed by atoms with Crippen LogP contribution in [-0.4, -0.2) is 16.8 Å². The van der Waals surface area contributed by atoms with Gasteiger partial charge in [0, 0.05) is 23.5 Å². The molecule has 3 aromatic rings. The van der Waals surface area contributed by atoms with Crippen LogP contribution in [0.3, 0.4) is 0 Å². The zero-order chi connectivity index (χ0) is 17.9. The Morgan fingerprint density at radius 1 is 1.08 bits per heavy atom. The molecular weight excluding hydrogens is 352 g/mol. The highest BCUT2D eigenvalue weighted by Crippen LogP contribution is 2.32. The highest BCUT2D eigenvalue weighted by Gasteiger charge is 2.13. The molecule has 0 atom stereocenters. The Morgan fingerprint density at radius 3 is 2.85 bits per heavy atom. The fourth-order valence-corrected chi connectivity index (χ4v) is 2.74. The summed E-state index contributed by atoms with van der Waals surface area (Å²) in [5.74, 6) is 2.75. The van der Waals surface area contributed by atoms with Gasteiger partial charge in [0.05, 0.1) is 0 Å². The summed E-state index contributed by atoms with van der Waals surface area (Å²) in [5.41, 5.74) is 2.97. The van der Waals surface area contributed by atoms with Crippen LogP contribution >= 0.6 is 11.6 Å². The van der Waals surface area contributed by atoms with Gasteiger partial charge in [-0.3, -0.25) is 0 Å². The average molecular weight is 369 g/mol. The Bertz CT molecular complexity index is 949. The number of ether oxygens (including phenoxy) is 2. The minimum absolute atomic E-state index is 0.270. The van der Waals surface area contributed by atoms with Crippen molar-refractivity contribution < 1.29 is 9.47 Å². The first-order valence-corrected chi connectivity index (χ1v) is 8.54. The number of anilines is 3.